The molecule has 0 bridgehead atoms. The molecule has 4 rings (SSSR count). The van der Waals surface area contributed by atoms with Crippen molar-refractivity contribution in [1.29, 1.82) is 0 Å². The van der Waals surface area contributed by atoms with Crippen LogP contribution in [0.3, 0.4) is 0 Å². The lowest BCUT2D eigenvalue weighted by atomic mass is 9.91. The molecular formula is C18H18BN7O2S. The number of thioether (sulfide) groups is 1. The number of methoxy groups -OCH3 is 1. The van der Waals surface area contributed by atoms with E-state index in [-0.39, 0.29) is 18.9 Å². The van der Waals surface area contributed by atoms with Crippen molar-refractivity contribution in [2.24, 2.45) is 5.73 Å². The van der Waals surface area contributed by atoms with E-state index in [1.54, 1.807) is 18.0 Å². The van der Waals surface area contributed by atoms with Crippen molar-refractivity contribution in [2.75, 3.05) is 18.6 Å². The molecule has 2 radical (unpaired) electrons. The van der Waals surface area contributed by atoms with E-state index in [1.807, 2.05) is 13.0 Å². The van der Waals surface area contributed by atoms with Gasteiger partial charge in [-0.15, -0.1) is 11.8 Å². The third-order valence-electron chi connectivity index (χ3n) is 4.57. The Labute approximate surface area is 172 Å². The predicted molar refractivity (Wildman–Crippen MR) is 112 cm³/mol. The van der Waals surface area contributed by atoms with Gasteiger partial charge in [-0.25, -0.2) is 9.67 Å². The molecule has 0 spiro atoms. The summed E-state index contributed by atoms with van der Waals surface area (Å²) < 4.78 is 7.07. The number of rotatable bonds is 5. The van der Waals surface area contributed by atoms with E-state index in [1.165, 1.54) is 11.8 Å². The zero-order valence-electron chi connectivity index (χ0n) is 16.0. The van der Waals surface area contributed by atoms with E-state index in [9.17, 15) is 4.79 Å². The van der Waals surface area contributed by atoms with E-state index in [4.69, 9.17) is 24.1 Å². The number of amides is 1. The summed E-state index contributed by atoms with van der Waals surface area (Å²) in [5.41, 5.74) is 15.3. The maximum atomic E-state index is 11.4. The lowest BCUT2D eigenvalue weighted by Gasteiger charge is -2.13. The van der Waals surface area contributed by atoms with Crippen LogP contribution in [0.15, 0.2) is 16.8 Å². The van der Waals surface area contributed by atoms with E-state index in [0.717, 1.165) is 16.5 Å². The fourth-order valence-corrected chi connectivity index (χ4v) is 4.31. The summed E-state index contributed by atoms with van der Waals surface area (Å²) in [6.45, 7) is 2.15. The molecule has 1 aliphatic rings. The van der Waals surface area contributed by atoms with Crippen LogP contribution in [0.5, 0.6) is 5.75 Å². The van der Waals surface area contributed by atoms with Crippen LogP contribution in [-0.2, 0) is 11.3 Å². The van der Waals surface area contributed by atoms with E-state index < -0.39 is 5.91 Å². The highest BCUT2D eigenvalue weighted by molar-refractivity contribution is 7.99. The molecule has 0 fully saturated rings. The zero-order valence-corrected chi connectivity index (χ0v) is 16.8. The maximum Gasteiger partial charge on any atom is 0.223 e. The molecule has 0 saturated heterocycles. The third kappa shape index (κ3) is 3.53. The minimum Gasteiger partial charge on any atom is -0.497 e. The van der Waals surface area contributed by atoms with Crippen molar-refractivity contribution in [2.45, 2.75) is 24.9 Å². The van der Waals surface area contributed by atoms with Gasteiger partial charge in [0, 0.05) is 23.9 Å². The Kier molecular flexibility index (Phi) is 4.91. The number of hydrogen-bond acceptors (Lipinski definition) is 8. The van der Waals surface area contributed by atoms with Crippen LogP contribution in [0.25, 0.3) is 17.1 Å². The van der Waals surface area contributed by atoms with Gasteiger partial charge in [0.15, 0.2) is 5.65 Å². The molecule has 3 aromatic heterocycles. The Morgan fingerprint density at radius 2 is 2.21 bits per heavy atom. The van der Waals surface area contributed by atoms with Crippen LogP contribution in [0.4, 0.5) is 5.95 Å². The summed E-state index contributed by atoms with van der Waals surface area (Å²) in [4.78, 5) is 24.6. The molecule has 4 heterocycles. The zero-order chi connectivity index (χ0) is 20.7. The topological polar surface area (TPSA) is 135 Å². The Balaban J connectivity index is 1.85. The molecule has 3 aromatic rings. The number of nitrogen functional groups attached to an aromatic ring is 1. The van der Waals surface area contributed by atoms with Crippen LogP contribution >= 0.6 is 11.8 Å². The normalized spacial score (nSPS) is 13.2. The van der Waals surface area contributed by atoms with Gasteiger partial charge < -0.3 is 16.2 Å². The van der Waals surface area contributed by atoms with Crippen molar-refractivity contribution in [3.63, 3.8) is 0 Å². The molecule has 0 aromatic carbocycles. The number of primary amides is 1. The molecule has 0 unspecified atom stereocenters. The van der Waals surface area contributed by atoms with Crippen molar-refractivity contribution in [3.05, 3.63) is 28.7 Å². The largest absolute Gasteiger partial charge is 0.497 e. The lowest BCUT2D eigenvalue weighted by molar-refractivity contribution is -0.117. The van der Waals surface area contributed by atoms with Gasteiger partial charge in [0.2, 0.25) is 11.9 Å². The molecule has 9 nitrogen and oxygen atoms in total. The number of anilines is 1. The Morgan fingerprint density at radius 1 is 1.41 bits per heavy atom. The molecule has 146 valence electrons. The lowest BCUT2D eigenvalue weighted by Crippen LogP contribution is -2.20. The summed E-state index contributed by atoms with van der Waals surface area (Å²) in [5.74, 6) is 0.914. The number of hydrogen-bond donors (Lipinski definition) is 2. The molecule has 4 N–H and O–H groups in total. The van der Waals surface area contributed by atoms with Crippen molar-refractivity contribution >= 4 is 54.0 Å². The quantitative estimate of drug-likeness (QED) is 0.456. The standard InChI is InChI=1S/C18H18BN7O2S/c1-8-5-22-11(14(19)15(8)28-2)6-26-16-13-10(25-26)3-9(4-12(20)27)7-29-17(13)24-18(21)23-16/h3,5H,4,6-7H2,1-2H3,(H2,20,27)(H2,21,23,24). The number of aryl methyl sites for hydroxylation is 1. The summed E-state index contributed by atoms with van der Waals surface area (Å²) in [5, 5.41) is 6.17. The Morgan fingerprint density at radius 3 is 2.93 bits per heavy atom. The number of pyridine rings is 1. The number of ether oxygens (including phenoxy) is 1. The number of carbonyl (C=O) groups excluding carboxylic acids is 1. The second-order valence-corrected chi connectivity index (χ2v) is 7.66. The average Bonchev–Trinajstić information content (AvgIpc) is 2.89. The third-order valence-corrected chi connectivity index (χ3v) is 5.65. The van der Waals surface area contributed by atoms with Crippen LogP contribution in [0.2, 0.25) is 0 Å². The summed E-state index contributed by atoms with van der Waals surface area (Å²) in [6.07, 6.45) is 3.72. The fraction of sp³-hybridized carbons (Fsp3) is 0.278. The molecule has 29 heavy (non-hydrogen) atoms. The minimum atomic E-state index is -0.396. The van der Waals surface area contributed by atoms with Crippen LogP contribution in [0, 0.1) is 6.92 Å². The Bertz CT molecular complexity index is 1170. The smallest absolute Gasteiger partial charge is 0.223 e. The SMILES string of the molecule is [B]c1c(Cn2nc3c4c(nc(N)nc42)SCC(CC(N)=O)=C3)ncc(C)c1OC. The van der Waals surface area contributed by atoms with E-state index in [0.29, 0.717) is 39.0 Å². The first-order valence-corrected chi connectivity index (χ1v) is 9.78. The molecule has 0 aliphatic carbocycles. The number of aromatic nitrogens is 5. The summed E-state index contributed by atoms with van der Waals surface area (Å²) in [6, 6.07) is 0. The van der Waals surface area contributed by atoms with Gasteiger partial charge in [0.05, 0.1) is 30.4 Å². The first-order chi connectivity index (χ1) is 13.9. The van der Waals surface area contributed by atoms with Crippen molar-refractivity contribution in [1.82, 2.24) is 24.7 Å². The highest BCUT2D eigenvalue weighted by Gasteiger charge is 2.22. The van der Waals surface area contributed by atoms with Gasteiger partial charge in [0.1, 0.15) is 18.6 Å². The maximum absolute atomic E-state index is 11.4. The molecule has 0 saturated carbocycles. The van der Waals surface area contributed by atoms with Crippen LogP contribution in [-0.4, -0.2) is 51.3 Å². The number of nitrogens with two attached hydrogens (primary N) is 2. The van der Waals surface area contributed by atoms with Gasteiger partial charge in [-0.1, -0.05) is 0 Å². The minimum absolute atomic E-state index is 0.147. The van der Waals surface area contributed by atoms with Gasteiger partial charge in [0.25, 0.3) is 0 Å². The fourth-order valence-electron chi connectivity index (χ4n) is 3.31. The number of nitrogens with zero attached hydrogens (tertiary/aromatic N) is 5. The first kappa shape index (κ1) is 19.3. The Hall–Kier alpha value is -3.08. The molecular weight excluding hydrogens is 389 g/mol. The van der Waals surface area contributed by atoms with Gasteiger partial charge in [-0.05, 0) is 24.0 Å². The average molecular weight is 407 g/mol. The summed E-state index contributed by atoms with van der Waals surface area (Å²) >= 11 is 1.48. The second kappa shape index (κ2) is 7.39. The van der Waals surface area contributed by atoms with Gasteiger partial charge in [-0.2, -0.15) is 10.1 Å². The highest BCUT2D eigenvalue weighted by Crippen LogP contribution is 2.35. The van der Waals surface area contributed by atoms with Gasteiger partial charge >= 0.3 is 0 Å². The highest BCUT2D eigenvalue weighted by atomic mass is 32.2. The summed E-state index contributed by atoms with van der Waals surface area (Å²) in [7, 11) is 7.81. The molecule has 11 heteroatoms. The molecule has 1 amide bonds. The molecule has 1 aliphatic heterocycles. The second-order valence-electron chi connectivity index (χ2n) is 6.70. The van der Waals surface area contributed by atoms with Crippen molar-refractivity contribution < 1.29 is 9.53 Å². The predicted octanol–water partition coefficient (Wildman–Crippen LogP) is 0.327. The van der Waals surface area contributed by atoms with Gasteiger partial charge in [-0.3, -0.25) is 9.78 Å². The van der Waals surface area contributed by atoms with Crippen LogP contribution in [0.1, 0.15) is 23.4 Å². The first-order valence-electron chi connectivity index (χ1n) is 8.80. The van der Waals surface area contributed by atoms with E-state index in [2.05, 4.69) is 20.1 Å². The van der Waals surface area contributed by atoms with Crippen LogP contribution < -0.4 is 21.7 Å². The van der Waals surface area contributed by atoms with Crippen molar-refractivity contribution in [3.8, 4) is 5.75 Å². The van der Waals surface area contributed by atoms with E-state index >= 15 is 0 Å². The monoisotopic (exact) mass is 407 g/mol. The molecule has 0 atom stereocenters. The number of carbonyl (C=O) groups is 1.